The van der Waals surface area contributed by atoms with Crippen LogP contribution in [0.4, 0.5) is 5.82 Å². The first-order chi connectivity index (χ1) is 7.70. The van der Waals surface area contributed by atoms with Crippen molar-refractivity contribution in [3.8, 4) is 5.88 Å². The van der Waals surface area contributed by atoms with E-state index in [1.54, 1.807) is 12.1 Å². The fourth-order valence-electron chi connectivity index (χ4n) is 1.62. The van der Waals surface area contributed by atoms with E-state index in [9.17, 15) is 4.79 Å². The largest absolute Gasteiger partial charge is 0.478 e. The van der Waals surface area contributed by atoms with Gasteiger partial charge in [0.15, 0.2) is 0 Å². The Balaban J connectivity index is 1.98. The Morgan fingerprint density at radius 3 is 3.00 bits per heavy atom. The van der Waals surface area contributed by atoms with Crippen molar-refractivity contribution in [3.63, 3.8) is 0 Å². The predicted molar refractivity (Wildman–Crippen MR) is 61.3 cm³/mol. The normalized spacial score (nSPS) is 22.6. The minimum atomic E-state index is 0.0636. The molecule has 1 heterocycles. The molecule has 1 amide bonds. The fourth-order valence-corrected chi connectivity index (χ4v) is 1.62. The second-order valence-corrected chi connectivity index (χ2v) is 4.10. The Morgan fingerprint density at radius 2 is 2.38 bits per heavy atom. The molecule has 1 aromatic rings. The average Bonchev–Trinajstić information content (AvgIpc) is 2.97. The highest BCUT2D eigenvalue weighted by Gasteiger charge is 2.39. The summed E-state index contributed by atoms with van der Waals surface area (Å²) in [6.45, 7) is 4.55. The molecule has 0 aliphatic heterocycles. The molecule has 1 N–H and O–H groups in total. The number of pyridine rings is 1. The second kappa shape index (κ2) is 4.51. The molecule has 0 radical (unpaired) electrons. The molecule has 2 rings (SSSR count). The van der Waals surface area contributed by atoms with Crippen LogP contribution in [0.5, 0.6) is 5.88 Å². The molecular formula is C12H16N2O2. The molecule has 1 fully saturated rings. The number of anilines is 1. The van der Waals surface area contributed by atoms with Crippen LogP contribution in [-0.2, 0) is 4.79 Å². The van der Waals surface area contributed by atoms with Gasteiger partial charge in [-0.25, -0.2) is 0 Å². The number of carbonyl (C=O) groups is 1. The highest BCUT2D eigenvalue weighted by molar-refractivity contribution is 5.93. The summed E-state index contributed by atoms with van der Waals surface area (Å²) in [5.74, 6) is 1.85. The first kappa shape index (κ1) is 10.9. The van der Waals surface area contributed by atoms with Crippen LogP contribution in [0.2, 0.25) is 0 Å². The molecule has 2 atom stereocenters. The van der Waals surface area contributed by atoms with Crippen molar-refractivity contribution < 1.29 is 9.53 Å². The van der Waals surface area contributed by atoms with Crippen LogP contribution in [0.25, 0.3) is 0 Å². The van der Waals surface area contributed by atoms with E-state index in [-0.39, 0.29) is 11.8 Å². The smallest absolute Gasteiger partial charge is 0.228 e. The Labute approximate surface area is 95.0 Å². The average molecular weight is 220 g/mol. The topological polar surface area (TPSA) is 51.2 Å². The highest BCUT2D eigenvalue weighted by atomic mass is 16.5. The predicted octanol–water partition coefficient (Wildman–Crippen LogP) is 2.07. The van der Waals surface area contributed by atoms with Crippen molar-refractivity contribution in [2.75, 3.05) is 11.9 Å². The lowest BCUT2D eigenvalue weighted by atomic mass is 10.3. The number of hydrogen-bond donors (Lipinski definition) is 1. The van der Waals surface area contributed by atoms with Crippen LogP contribution in [0.1, 0.15) is 20.3 Å². The Bertz CT molecular complexity index is 392. The van der Waals surface area contributed by atoms with Crippen LogP contribution in [0.15, 0.2) is 18.2 Å². The van der Waals surface area contributed by atoms with Gasteiger partial charge in [-0.3, -0.25) is 4.79 Å². The monoisotopic (exact) mass is 220 g/mol. The minimum absolute atomic E-state index is 0.0636. The van der Waals surface area contributed by atoms with Crippen molar-refractivity contribution in [2.24, 2.45) is 11.8 Å². The first-order valence-electron chi connectivity index (χ1n) is 5.61. The van der Waals surface area contributed by atoms with Crippen molar-refractivity contribution in [3.05, 3.63) is 18.2 Å². The molecule has 0 saturated heterocycles. The number of ether oxygens (including phenoxy) is 1. The Morgan fingerprint density at radius 1 is 1.62 bits per heavy atom. The quantitative estimate of drug-likeness (QED) is 0.845. The van der Waals surface area contributed by atoms with Crippen molar-refractivity contribution in [1.29, 1.82) is 0 Å². The standard InChI is InChI=1S/C12H16N2O2/c1-3-16-11-6-4-5-10(13-11)14-12(15)9-7-8(9)2/h4-6,8-9H,3,7H2,1-2H3,(H,13,14,15)/t8-,9+/m0/s1. The summed E-state index contributed by atoms with van der Waals surface area (Å²) < 4.78 is 5.26. The molecule has 86 valence electrons. The SMILES string of the molecule is CCOc1cccc(NC(=O)[C@@H]2C[C@@H]2C)n1. The summed E-state index contributed by atoms with van der Waals surface area (Å²) in [5, 5.41) is 2.80. The molecular weight excluding hydrogens is 204 g/mol. The molecule has 4 nitrogen and oxygen atoms in total. The number of aromatic nitrogens is 1. The third-order valence-electron chi connectivity index (χ3n) is 2.71. The zero-order chi connectivity index (χ0) is 11.5. The van der Waals surface area contributed by atoms with Gasteiger partial charge in [0.25, 0.3) is 0 Å². The van der Waals surface area contributed by atoms with E-state index in [0.717, 1.165) is 6.42 Å². The van der Waals surface area contributed by atoms with Crippen LogP contribution in [0.3, 0.4) is 0 Å². The van der Waals surface area contributed by atoms with Crippen molar-refractivity contribution in [2.45, 2.75) is 20.3 Å². The molecule has 16 heavy (non-hydrogen) atoms. The lowest BCUT2D eigenvalue weighted by Crippen LogP contribution is -2.15. The lowest BCUT2D eigenvalue weighted by Gasteiger charge is -2.06. The molecule has 1 aliphatic carbocycles. The Hall–Kier alpha value is -1.58. The van der Waals surface area contributed by atoms with Gasteiger partial charge in [-0.2, -0.15) is 4.98 Å². The van der Waals surface area contributed by atoms with E-state index < -0.39 is 0 Å². The van der Waals surface area contributed by atoms with E-state index in [1.807, 2.05) is 13.0 Å². The molecule has 1 aromatic heterocycles. The van der Waals surface area contributed by atoms with Gasteiger partial charge in [-0.1, -0.05) is 13.0 Å². The van der Waals surface area contributed by atoms with Crippen LogP contribution < -0.4 is 10.1 Å². The third kappa shape index (κ3) is 2.51. The third-order valence-corrected chi connectivity index (χ3v) is 2.71. The van der Waals surface area contributed by atoms with E-state index >= 15 is 0 Å². The molecule has 1 saturated carbocycles. The van der Waals surface area contributed by atoms with Crippen molar-refractivity contribution in [1.82, 2.24) is 4.98 Å². The van der Waals surface area contributed by atoms with Crippen LogP contribution in [0, 0.1) is 11.8 Å². The fraction of sp³-hybridized carbons (Fsp3) is 0.500. The van der Waals surface area contributed by atoms with Gasteiger partial charge in [0.1, 0.15) is 5.82 Å². The van der Waals surface area contributed by atoms with Gasteiger partial charge in [0.05, 0.1) is 6.61 Å². The molecule has 4 heteroatoms. The van der Waals surface area contributed by atoms with E-state index in [0.29, 0.717) is 24.2 Å². The summed E-state index contributed by atoms with van der Waals surface area (Å²) in [4.78, 5) is 15.8. The lowest BCUT2D eigenvalue weighted by molar-refractivity contribution is -0.117. The summed E-state index contributed by atoms with van der Waals surface area (Å²) in [6, 6.07) is 5.37. The second-order valence-electron chi connectivity index (χ2n) is 4.10. The van der Waals surface area contributed by atoms with Gasteiger partial charge >= 0.3 is 0 Å². The summed E-state index contributed by atoms with van der Waals surface area (Å²) in [5.41, 5.74) is 0. The van der Waals surface area contributed by atoms with Gasteiger partial charge in [-0.15, -0.1) is 0 Å². The zero-order valence-corrected chi connectivity index (χ0v) is 9.56. The van der Waals surface area contributed by atoms with Crippen molar-refractivity contribution >= 4 is 11.7 Å². The summed E-state index contributed by atoms with van der Waals surface area (Å²) in [7, 11) is 0. The van der Waals surface area contributed by atoms with Gasteiger partial charge in [-0.05, 0) is 25.3 Å². The van der Waals surface area contributed by atoms with Crippen LogP contribution >= 0.6 is 0 Å². The maximum absolute atomic E-state index is 11.7. The molecule has 0 unspecified atom stereocenters. The number of amides is 1. The van der Waals surface area contributed by atoms with Gasteiger partial charge in [0, 0.05) is 12.0 Å². The van der Waals surface area contributed by atoms with Gasteiger partial charge < -0.3 is 10.1 Å². The first-order valence-corrected chi connectivity index (χ1v) is 5.61. The number of hydrogen-bond acceptors (Lipinski definition) is 3. The maximum Gasteiger partial charge on any atom is 0.228 e. The number of carbonyl (C=O) groups excluding carboxylic acids is 1. The maximum atomic E-state index is 11.7. The number of nitrogens with zero attached hydrogens (tertiary/aromatic N) is 1. The molecule has 0 bridgehead atoms. The van der Waals surface area contributed by atoms with Crippen LogP contribution in [-0.4, -0.2) is 17.5 Å². The minimum Gasteiger partial charge on any atom is -0.478 e. The van der Waals surface area contributed by atoms with E-state index in [4.69, 9.17) is 4.74 Å². The van der Waals surface area contributed by atoms with E-state index in [1.165, 1.54) is 0 Å². The summed E-state index contributed by atoms with van der Waals surface area (Å²) in [6.07, 6.45) is 0.983. The van der Waals surface area contributed by atoms with E-state index in [2.05, 4.69) is 17.2 Å². The number of rotatable bonds is 4. The number of nitrogens with one attached hydrogen (secondary N) is 1. The highest BCUT2D eigenvalue weighted by Crippen LogP contribution is 2.38. The Kier molecular flexibility index (Phi) is 3.08. The molecule has 0 spiro atoms. The molecule has 1 aliphatic rings. The molecule has 0 aromatic carbocycles. The summed E-state index contributed by atoms with van der Waals surface area (Å²) >= 11 is 0. The van der Waals surface area contributed by atoms with Gasteiger partial charge in [0.2, 0.25) is 11.8 Å². The zero-order valence-electron chi connectivity index (χ0n) is 9.56.